The van der Waals surface area contributed by atoms with Crippen LogP contribution in [0.5, 0.6) is 0 Å². The van der Waals surface area contributed by atoms with Crippen molar-refractivity contribution in [3.63, 3.8) is 0 Å². The van der Waals surface area contributed by atoms with E-state index in [1.54, 1.807) is 0 Å². The largest absolute Gasteiger partial charge is 0.367 e. The smallest absolute Gasteiger partial charge is 0.129 e. The molecule has 1 saturated heterocycles. The minimum atomic E-state index is -0.454. The zero-order chi connectivity index (χ0) is 18.1. The van der Waals surface area contributed by atoms with Gasteiger partial charge in [-0.1, -0.05) is 6.07 Å². The van der Waals surface area contributed by atoms with Gasteiger partial charge in [-0.3, -0.25) is 0 Å². The van der Waals surface area contributed by atoms with E-state index in [9.17, 15) is 8.78 Å². The fourth-order valence-corrected chi connectivity index (χ4v) is 3.75. The molecule has 6 heteroatoms. The molecule has 26 heavy (non-hydrogen) atoms. The lowest BCUT2D eigenvalue weighted by Crippen LogP contribution is -2.50. The van der Waals surface area contributed by atoms with Crippen molar-refractivity contribution in [2.45, 2.75) is 38.5 Å². The van der Waals surface area contributed by atoms with Gasteiger partial charge in [0.1, 0.15) is 23.6 Å². The Bertz CT molecular complexity index is 799. The summed E-state index contributed by atoms with van der Waals surface area (Å²) in [6, 6.07) is 8.03. The van der Waals surface area contributed by atoms with Crippen molar-refractivity contribution in [2.75, 3.05) is 24.5 Å². The van der Waals surface area contributed by atoms with Gasteiger partial charge < -0.3 is 15.0 Å². The lowest BCUT2D eigenvalue weighted by molar-refractivity contribution is 0.0369. The summed E-state index contributed by atoms with van der Waals surface area (Å²) in [5.74, 6) is 0.0658. The maximum atomic E-state index is 13.8. The molecule has 4 rings (SSSR count). The van der Waals surface area contributed by atoms with Crippen LogP contribution in [0.4, 0.5) is 14.6 Å². The first-order valence-corrected chi connectivity index (χ1v) is 9.14. The molecule has 2 aliphatic rings. The maximum Gasteiger partial charge on any atom is 0.129 e. The average Bonchev–Trinajstić information content (AvgIpc) is 3.05. The molecule has 138 valence electrons. The molecular weight excluding hydrogens is 336 g/mol. The van der Waals surface area contributed by atoms with Crippen LogP contribution in [0.3, 0.4) is 0 Å². The van der Waals surface area contributed by atoms with Crippen molar-refractivity contribution in [1.29, 1.82) is 0 Å². The van der Waals surface area contributed by atoms with Gasteiger partial charge in [-0.05, 0) is 49.6 Å². The van der Waals surface area contributed by atoms with Crippen LogP contribution in [0.15, 0.2) is 30.3 Å². The highest BCUT2D eigenvalue weighted by Crippen LogP contribution is 2.35. The van der Waals surface area contributed by atoms with Crippen LogP contribution in [0.2, 0.25) is 0 Å². The van der Waals surface area contributed by atoms with Crippen LogP contribution in [0, 0.1) is 11.6 Å². The summed E-state index contributed by atoms with van der Waals surface area (Å²) in [7, 11) is 0. The summed E-state index contributed by atoms with van der Waals surface area (Å²) in [5.41, 5.74) is 2.36. The molecule has 0 unspecified atom stereocenters. The number of nitrogens with one attached hydrogen (secondary N) is 1. The van der Waals surface area contributed by atoms with Gasteiger partial charge in [0, 0.05) is 31.2 Å². The summed E-state index contributed by atoms with van der Waals surface area (Å²) in [6.07, 6.45) is 1.54. The second kappa shape index (κ2) is 7.29. The van der Waals surface area contributed by atoms with Gasteiger partial charge in [0.05, 0.1) is 12.3 Å². The standard InChI is InChI=1S/C20H23F2N3O/c1-13-11-23-8-9-25(13)19-7-3-14-2-6-18(20(14)24-19)26-12-15-10-16(21)4-5-17(15)22/h3-5,7,10,13,18,23H,2,6,8-9,11-12H2,1H3/t13-,18+/m1/s1. The van der Waals surface area contributed by atoms with Crippen LogP contribution in [-0.4, -0.2) is 30.7 Å². The third-order valence-electron chi connectivity index (χ3n) is 5.22. The molecule has 2 atom stereocenters. The Kier molecular flexibility index (Phi) is 4.87. The van der Waals surface area contributed by atoms with Crippen molar-refractivity contribution >= 4 is 5.82 Å². The number of pyridine rings is 1. The molecule has 1 fully saturated rings. The van der Waals surface area contributed by atoms with Gasteiger partial charge in [-0.25, -0.2) is 13.8 Å². The molecule has 0 saturated carbocycles. The van der Waals surface area contributed by atoms with Crippen molar-refractivity contribution in [1.82, 2.24) is 10.3 Å². The van der Waals surface area contributed by atoms with Crippen LogP contribution < -0.4 is 10.2 Å². The quantitative estimate of drug-likeness (QED) is 0.908. The Hall–Kier alpha value is -2.05. The molecule has 0 radical (unpaired) electrons. The van der Waals surface area contributed by atoms with Crippen molar-refractivity contribution < 1.29 is 13.5 Å². The number of anilines is 1. The minimum absolute atomic E-state index is 0.0453. The predicted octanol–water partition coefficient (Wildman–Crippen LogP) is 3.36. The molecule has 2 heterocycles. The fourth-order valence-electron chi connectivity index (χ4n) is 3.75. The Morgan fingerprint density at radius 2 is 2.15 bits per heavy atom. The Morgan fingerprint density at radius 1 is 1.27 bits per heavy atom. The number of benzene rings is 1. The number of hydrogen-bond acceptors (Lipinski definition) is 4. The first kappa shape index (κ1) is 17.4. The summed E-state index contributed by atoms with van der Waals surface area (Å²) < 4.78 is 33.1. The van der Waals surface area contributed by atoms with Crippen molar-refractivity contribution in [2.24, 2.45) is 0 Å². The minimum Gasteiger partial charge on any atom is -0.367 e. The Morgan fingerprint density at radius 3 is 3.00 bits per heavy atom. The SMILES string of the molecule is C[C@@H]1CNCCN1c1ccc2c(n1)[C@@H](OCc1cc(F)ccc1F)CC2. The molecule has 4 nitrogen and oxygen atoms in total. The normalized spacial score (nSPS) is 22.5. The van der Waals surface area contributed by atoms with Gasteiger partial charge in [0.25, 0.3) is 0 Å². The number of aromatic nitrogens is 1. The zero-order valence-corrected chi connectivity index (χ0v) is 14.8. The second-order valence-electron chi connectivity index (χ2n) is 7.03. The van der Waals surface area contributed by atoms with Gasteiger partial charge in [0.15, 0.2) is 0 Å². The van der Waals surface area contributed by atoms with E-state index in [0.29, 0.717) is 6.04 Å². The van der Waals surface area contributed by atoms with Crippen LogP contribution in [0.25, 0.3) is 0 Å². The number of nitrogens with zero attached hydrogens (tertiary/aromatic N) is 2. The third-order valence-corrected chi connectivity index (χ3v) is 5.22. The van der Waals surface area contributed by atoms with E-state index < -0.39 is 11.6 Å². The summed E-state index contributed by atoms with van der Waals surface area (Å²) in [6.45, 7) is 5.04. The molecular formula is C20H23F2N3O. The Balaban J connectivity index is 1.51. The average molecular weight is 359 g/mol. The maximum absolute atomic E-state index is 13.8. The number of halogens is 2. The monoisotopic (exact) mass is 359 g/mol. The number of piperazine rings is 1. The van der Waals surface area contributed by atoms with Gasteiger partial charge >= 0.3 is 0 Å². The van der Waals surface area contributed by atoms with Crippen LogP contribution in [0.1, 0.15) is 36.3 Å². The highest BCUT2D eigenvalue weighted by Gasteiger charge is 2.27. The van der Waals surface area contributed by atoms with E-state index in [4.69, 9.17) is 9.72 Å². The van der Waals surface area contributed by atoms with E-state index in [2.05, 4.69) is 29.3 Å². The zero-order valence-electron chi connectivity index (χ0n) is 14.8. The lowest BCUT2D eigenvalue weighted by Gasteiger charge is -2.35. The molecule has 1 aliphatic heterocycles. The lowest BCUT2D eigenvalue weighted by atomic mass is 10.2. The predicted molar refractivity (Wildman–Crippen MR) is 96.1 cm³/mol. The molecule has 1 aromatic carbocycles. The van der Waals surface area contributed by atoms with Crippen molar-refractivity contribution in [3.8, 4) is 0 Å². The summed E-state index contributed by atoms with van der Waals surface area (Å²) in [4.78, 5) is 7.17. The topological polar surface area (TPSA) is 37.4 Å². The molecule has 0 bridgehead atoms. The highest BCUT2D eigenvalue weighted by molar-refractivity contribution is 5.45. The number of hydrogen-bond donors (Lipinski definition) is 1. The fraction of sp³-hybridized carbons (Fsp3) is 0.450. The van der Waals surface area contributed by atoms with E-state index in [-0.39, 0.29) is 18.3 Å². The van der Waals surface area contributed by atoms with E-state index in [1.165, 1.54) is 11.6 Å². The second-order valence-corrected chi connectivity index (χ2v) is 7.03. The summed E-state index contributed by atoms with van der Waals surface area (Å²) >= 11 is 0. The Labute approximate surface area is 152 Å². The van der Waals surface area contributed by atoms with E-state index in [0.717, 1.165) is 56.1 Å². The van der Waals surface area contributed by atoms with Crippen molar-refractivity contribution in [3.05, 3.63) is 58.8 Å². The number of rotatable bonds is 4. The molecule has 0 amide bonds. The van der Waals surface area contributed by atoms with Gasteiger partial charge in [-0.15, -0.1) is 0 Å². The van der Waals surface area contributed by atoms with Crippen LogP contribution >= 0.6 is 0 Å². The van der Waals surface area contributed by atoms with Crippen LogP contribution in [-0.2, 0) is 17.8 Å². The van der Waals surface area contributed by atoms with Gasteiger partial charge in [0.2, 0.25) is 0 Å². The first-order chi connectivity index (χ1) is 12.6. The van der Waals surface area contributed by atoms with Gasteiger partial charge in [-0.2, -0.15) is 0 Å². The number of aryl methyl sites for hydroxylation is 1. The first-order valence-electron chi connectivity index (χ1n) is 9.14. The molecule has 1 aromatic heterocycles. The molecule has 1 aliphatic carbocycles. The number of fused-ring (bicyclic) bond motifs is 1. The molecule has 0 spiro atoms. The summed E-state index contributed by atoms with van der Waals surface area (Å²) in [5, 5.41) is 3.38. The highest BCUT2D eigenvalue weighted by atomic mass is 19.1. The molecule has 2 aromatic rings. The molecule has 1 N–H and O–H groups in total. The van der Waals surface area contributed by atoms with E-state index >= 15 is 0 Å². The number of ether oxygens (including phenoxy) is 1. The third kappa shape index (κ3) is 3.44. The van der Waals surface area contributed by atoms with E-state index in [1.807, 2.05) is 0 Å².